The van der Waals surface area contributed by atoms with E-state index >= 15 is 0 Å². The molecule has 0 fully saturated rings. The molecular weight excluding hydrogens is 200 g/mol. The summed E-state index contributed by atoms with van der Waals surface area (Å²) in [6.07, 6.45) is 9.10. The van der Waals surface area contributed by atoms with Gasteiger partial charge in [0.05, 0.1) is 11.0 Å². The van der Waals surface area contributed by atoms with E-state index in [2.05, 4.69) is 15.0 Å². The first-order chi connectivity index (χ1) is 7.93. The maximum absolute atomic E-state index is 4.49. The van der Waals surface area contributed by atoms with E-state index in [1.54, 1.807) is 12.4 Å². The number of nitrogens with one attached hydrogen (secondary N) is 1. The molecule has 0 saturated heterocycles. The largest absolute Gasteiger partial charge is 0.323 e. The normalized spacial score (nSPS) is 14.6. The number of rotatable bonds is 1. The third-order valence-electron chi connectivity index (χ3n) is 2.35. The van der Waals surface area contributed by atoms with E-state index in [-0.39, 0.29) is 0 Å². The molecule has 1 aliphatic rings. The number of hydrogen-bond acceptors (Lipinski definition) is 3. The standard InChI is InChI=1S/C12H10N4/c1-2-5-11-10(4-1)14-12(15-11)16-8-3-6-13-7-9-16/h1-9H,(H,14,15). The van der Waals surface area contributed by atoms with Gasteiger partial charge >= 0.3 is 0 Å². The van der Waals surface area contributed by atoms with Crippen LogP contribution < -0.4 is 4.90 Å². The number of aromatic nitrogens is 2. The van der Waals surface area contributed by atoms with Gasteiger partial charge in [-0.25, -0.2) is 4.98 Å². The second-order valence-electron chi connectivity index (χ2n) is 3.42. The van der Waals surface area contributed by atoms with Crippen LogP contribution in [0.2, 0.25) is 0 Å². The zero-order chi connectivity index (χ0) is 10.8. The third-order valence-corrected chi connectivity index (χ3v) is 2.35. The lowest BCUT2D eigenvalue weighted by Gasteiger charge is -2.09. The number of nitrogens with zero attached hydrogens (tertiary/aromatic N) is 3. The molecule has 4 heteroatoms. The van der Waals surface area contributed by atoms with E-state index in [9.17, 15) is 0 Å². The monoisotopic (exact) mass is 210 g/mol. The zero-order valence-corrected chi connectivity index (χ0v) is 8.54. The average Bonchev–Trinajstić information content (AvgIpc) is 2.56. The van der Waals surface area contributed by atoms with Gasteiger partial charge in [0.1, 0.15) is 0 Å². The highest BCUT2D eigenvalue weighted by Gasteiger charge is 2.06. The number of anilines is 1. The Hall–Kier alpha value is -2.36. The first kappa shape index (κ1) is 8.91. The smallest absolute Gasteiger partial charge is 0.212 e. The second kappa shape index (κ2) is 3.66. The van der Waals surface area contributed by atoms with Gasteiger partial charge in [0.2, 0.25) is 5.95 Å². The highest BCUT2D eigenvalue weighted by atomic mass is 15.2. The molecule has 1 aliphatic heterocycles. The van der Waals surface area contributed by atoms with Crippen molar-refractivity contribution in [3.05, 3.63) is 48.9 Å². The molecular formula is C12H10N4. The number of aromatic amines is 1. The van der Waals surface area contributed by atoms with Crippen LogP contribution in [0.5, 0.6) is 0 Å². The van der Waals surface area contributed by atoms with E-state index in [0.29, 0.717) is 0 Å². The van der Waals surface area contributed by atoms with Crippen LogP contribution in [0.15, 0.2) is 53.9 Å². The van der Waals surface area contributed by atoms with Crippen LogP contribution in [-0.4, -0.2) is 16.2 Å². The Morgan fingerprint density at radius 1 is 1.12 bits per heavy atom. The summed E-state index contributed by atoms with van der Waals surface area (Å²) in [5, 5.41) is 0. The fraction of sp³-hybridized carbons (Fsp3) is 0. The molecule has 0 saturated carbocycles. The Bertz CT molecular complexity index is 543. The van der Waals surface area contributed by atoms with E-state index in [4.69, 9.17) is 0 Å². The predicted octanol–water partition coefficient (Wildman–Crippen LogP) is 2.44. The van der Waals surface area contributed by atoms with Crippen LogP contribution in [0, 0.1) is 0 Å². The van der Waals surface area contributed by atoms with Gasteiger partial charge in [0.25, 0.3) is 0 Å². The predicted molar refractivity (Wildman–Crippen MR) is 65.3 cm³/mol. The lowest BCUT2D eigenvalue weighted by molar-refractivity contribution is 1.15. The average molecular weight is 210 g/mol. The van der Waals surface area contributed by atoms with Crippen molar-refractivity contribution in [2.75, 3.05) is 4.90 Å². The first-order valence-electron chi connectivity index (χ1n) is 5.03. The summed E-state index contributed by atoms with van der Waals surface area (Å²) in [5.74, 6) is 0.791. The Labute approximate surface area is 92.6 Å². The van der Waals surface area contributed by atoms with Gasteiger partial charge in [0.15, 0.2) is 0 Å². The summed E-state index contributed by atoms with van der Waals surface area (Å²) >= 11 is 0. The third kappa shape index (κ3) is 1.50. The summed E-state index contributed by atoms with van der Waals surface area (Å²) in [7, 11) is 0. The molecule has 3 rings (SSSR count). The highest BCUT2D eigenvalue weighted by Crippen LogP contribution is 2.17. The second-order valence-corrected chi connectivity index (χ2v) is 3.42. The molecule has 0 aliphatic carbocycles. The number of aliphatic imine (C=N–C) groups is 1. The molecule has 78 valence electrons. The molecule has 4 nitrogen and oxygen atoms in total. The Morgan fingerprint density at radius 3 is 3.00 bits per heavy atom. The van der Waals surface area contributed by atoms with Crippen molar-refractivity contribution in [1.82, 2.24) is 9.97 Å². The number of imidazole rings is 1. The van der Waals surface area contributed by atoms with Crippen molar-refractivity contribution >= 4 is 23.2 Å². The number of benzene rings is 1. The molecule has 0 spiro atoms. The fourth-order valence-corrected chi connectivity index (χ4v) is 1.59. The molecule has 1 aromatic heterocycles. The Balaban J connectivity index is 2.05. The van der Waals surface area contributed by atoms with Crippen molar-refractivity contribution in [2.24, 2.45) is 4.99 Å². The van der Waals surface area contributed by atoms with Crippen molar-refractivity contribution in [2.45, 2.75) is 0 Å². The van der Waals surface area contributed by atoms with Crippen LogP contribution in [0.1, 0.15) is 0 Å². The van der Waals surface area contributed by atoms with Gasteiger partial charge in [-0.1, -0.05) is 12.1 Å². The van der Waals surface area contributed by atoms with Crippen LogP contribution in [0.3, 0.4) is 0 Å². The van der Waals surface area contributed by atoms with Gasteiger partial charge in [-0.05, 0) is 18.2 Å². The molecule has 2 heterocycles. The molecule has 0 amide bonds. The minimum Gasteiger partial charge on any atom is -0.323 e. The van der Waals surface area contributed by atoms with Crippen LogP contribution >= 0.6 is 0 Å². The highest BCUT2D eigenvalue weighted by molar-refractivity contribution is 5.78. The van der Waals surface area contributed by atoms with Crippen molar-refractivity contribution < 1.29 is 0 Å². The number of para-hydroxylation sites is 2. The summed E-state index contributed by atoms with van der Waals surface area (Å²) < 4.78 is 0. The van der Waals surface area contributed by atoms with Gasteiger partial charge in [0, 0.05) is 24.8 Å². The summed E-state index contributed by atoms with van der Waals surface area (Å²) in [5.41, 5.74) is 1.99. The van der Waals surface area contributed by atoms with Gasteiger partial charge in [-0.2, -0.15) is 0 Å². The molecule has 2 aromatic rings. The SMILES string of the molecule is C1=CN(c2nc3ccccc3[nH]2)C=CN=C1. The number of H-pyrrole nitrogens is 1. The molecule has 0 radical (unpaired) electrons. The van der Waals surface area contributed by atoms with E-state index in [1.165, 1.54) is 0 Å². The zero-order valence-electron chi connectivity index (χ0n) is 8.54. The van der Waals surface area contributed by atoms with E-state index in [0.717, 1.165) is 17.0 Å². The van der Waals surface area contributed by atoms with Crippen LogP contribution in [0.4, 0.5) is 5.95 Å². The molecule has 0 atom stereocenters. The van der Waals surface area contributed by atoms with E-state index < -0.39 is 0 Å². The molecule has 1 aromatic carbocycles. The van der Waals surface area contributed by atoms with Gasteiger partial charge in [-0.3, -0.25) is 9.89 Å². The van der Waals surface area contributed by atoms with Crippen molar-refractivity contribution in [1.29, 1.82) is 0 Å². The maximum Gasteiger partial charge on any atom is 0.212 e. The topological polar surface area (TPSA) is 44.3 Å². The van der Waals surface area contributed by atoms with Crippen molar-refractivity contribution in [3.8, 4) is 0 Å². The molecule has 0 unspecified atom stereocenters. The minimum atomic E-state index is 0.791. The van der Waals surface area contributed by atoms with Gasteiger partial charge < -0.3 is 4.98 Å². The quantitative estimate of drug-likeness (QED) is 0.785. The van der Waals surface area contributed by atoms with Crippen LogP contribution in [0.25, 0.3) is 11.0 Å². The summed E-state index contributed by atoms with van der Waals surface area (Å²) in [4.78, 5) is 13.7. The Morgan fingerprint density at radius 2 is 2.06 bits per heavy atom. The number of fused-ring (bicyclic) bond motifs is 1. The molecule has 0 bridgehead atoms. The first-order valence-corrected chi connectivity index (χ1v) is 5.03. The Kier molecular flexibility index (Phi) is 2.04. The lowest BCUT2D eigenvalue weighted by atomic mass is 10.3. The molecule has 1 N–H and O–H groups in total. The summed E-state index contributed by atoms with van der Waals surface area (Å²) in [6.45, 7) is 0. The van der Waals surface area contributed by atoms with Gasteiger partial charge in [-0.15, -0.1) is 0 Å². The summed E-state index contributed by atoms with van der Waals surface area (Å²) in [6, 6.07) is 7.95. The number of hydrogen-bond donors (Lipinski definition) is 1. The fourth-order valence-electron chi connectivity index (χ4n) is 1.59. The molecule has 16 heavy (non-hydrogen) atoms. The van der Waals surface area contributed by atoms with Crippen LogP contribution in [-0.2, 0) is 0 Å². The number of allylic oxidation sites excluding steroid dienone is 1. The lowest BCUT2D eigenvalue weighted by Crippen LogP contribution is -2.07. The van der Waals surface area contributed by atoms with E-state index in [1.807, 2.05) is 47.6 Å². The minimum absolute atomic E-state index is 0.791. The maximum atomic E-state index is 4.49. The van der Waals surface area contributed by atoms with Crippen molar-refractivity contribution in [3.63, 3.8) is 0 Å².